The Morgan fingerprint density at radius 2 is 2.00 bits per heavy atom. The second-order valence-electron chi connectivity index (χ2n) is 8.30. The SMILES string of the molecule is COC(=O)C1=CCC[C@H]2[C@@]1(C(=O)OC)CC[C@@H](C)[C@@]21C[C@H](c2ccco2)OC1=O. The van der Waals surface area contributed by atoms with E-state index in [1.54, 1.807) is 24.5 Å². The van der Waals surface area contributed by atoms with E-state index < -0.39 is 34.8 Å². The van der Waals surface area contributed by atoms with Crippen molar-refractivity contribution in [2.75, 3.05) is 14.2 Å². The lowest BCUT2D eigenvalue weighted by Crippen LogP contribution is -2.59. The molecule has 156 valence electrons. The number of methoxy groups -OCH3 is 2. The molecule has 0 amide bonds. The summed E-state index contributed by atoms with van der Waals surface area (Å²) >= 11 is 0. The molecular formula is C22H26O7. The molecule has 4 rings (SSSR count). The first kappa shape index (κ1) is 19.7. The fourth-order valence-electron chi connectivity index (χ4n) is 5.96. The molecule has 5 atom stereocenters. The van der Waals surface area contributed by atoms with Crippen LogP contribution in [0.5, 0.6) is 0 Å². The Kier molecular flexibility index (Phi) is 4.79. The van der Waals surface area contributed by atoms with Gasteiger partial charge in [0.1, 0.15) is 11.2 Å². The molecule has 0 aromatic carbocycles. The largest absolute Gasteiger partial charge is 0.468 e. The maximum atomic E-state index is 13.4. The van der Waals surface area contributed by atoms with Gasteiger partial charge in [-0.2, -0.15) is 0 Å². The van der Waals surface area contributed by atoms with Gasteiger partial charge in [0, 0.05) is 6.42 Å². The molecule has 2 aliphatic carbocycles. The van der Waals surface area contributed by atoms with Crippen molar-refractivity contribution in [3.8, 4) is 0 Å². The summed E-state index contributed by atoms with van der Waals surface area (Å²) in [6, 6.07) is 3.55. The summed E-state index contributed by atoms with van der Waals surface area (Å²) in [6.07, 6.45) is 5.45. The Hall–Kier alpha value is -2.57. The molecule has 0 N–H and O–H groups in total. The third kappa shape index (κ3) is 2.59. The summed E-state index contributed by atoms with van der Waals surface area (Å²) in [7, 11) is 2.62. The summed E-state index contributed by atoms with van der Waals surface area (Å²) in [5.74, 6) is -1.17. The molecule has 1 saturated carbocycles. The first-order valence-corrected chi connectivity index (χ1v) is 10.0. The van der Waals surface area contributed by atoms with Gasteiger partial charge >= 0.3 is 17.9 Å². The van der Waals surface area contributed by atoms with Gasteiger partial charge in [0.05, 0.1) is 31.5 Å². The molecule has 1 aromatic heterocycles. The molecular weight excluding hydrogens is 376 g/mol. The van der Waals surface area contributed by atoms with E-state index in [2.05, 4.69) is 0 Å². The van der Waals surface area contributed by atoms with Gasteiger partial charge in [0.2, 0.25) is 0 Å². The average Bonchev–Trinajstić information content (AvgIpc) is 3.38. The smallest absolute Gasteiger partial charge is 0.334 e. The van der Waals surface area contributed by atoms with Crippen molar-refractivity contribution in [1.82, 2.24) is 0 Å². The highest BCUT2D eigenvalue weighted by atomic mass is 16.6. The number of furan rings is 1. The second-order valence-corrected chi connectivity index (χ2v) is 8.30. The van der Waals surface area contributed by atoms with Crippen LogP contribution in [0.4, 0.5) is 0 Å². The summed E-state index contributed by atoms with van der Waals surface area (Å²) in [5.41, 5.74) is -1.79. The van der Waals surface area contributed by atoms with Gasteiger partial charge in [-0.1, -0.05) is 13.0 Å². The minimum atomic E-state index is -1.20. The summed E-state index contributed by atoms with van der Waals surface area (Å²) in [6.45, 7) is 2.03. The number of rotatable bonds is 3. The predicted molar refractivity (Wildman–Crippen MR) is 100 cm³/mol. The highest BCUT2D eigenvalue weighted by molar-refractivity contribution is 5.99. The van der Waals surface area contributed by atoms with E-state index in [1.807, 2.05) is 6.92 Å². The zero-order valence-electron chi connectivity index (χ0n) is 16.9. The third-order valence-corrected chi connectivity index (χ3v) is 7.32. The van der Waals surface area contributed by atoms with E-state index in [0.717, 1.165) is 0 Å². The summed E-state index contributed by atoms with van der Waals surface area (Å²) in [5, 5.41) is 0. The molecule has 0 radical (unpaired) electrons. The van der Waals surface area contributed by atoms with Crippen molar-refractivity contribution < 1.29 is 33.0 Å². The standard InChI is InChI=1S/C22H26O7/c1-13-9-10-21(19(24)27-3)14(18(23)26-2)6-4-8-17(21)22(13)12-16(29-20(22)25)15-7-5-11-28-15/h5-7,11,13,16-17H,4,8-10,12H2,1-3H3/t13-,16-,17+,21-,22+/m1/s1. The van der Waals surface area contributed by atoms with Gasteiger partial charge in [-0.25, -0.2) is 4.79 Å². The Bertz CT molecular complexity index is 855. The summed E-state index contributed by atoms with van der Waals surface area (Å²) in [4.78, 5) is 39.2. The first-order chi connectivity index (χ1) is 13.9. The van der Waals surface area contributed by atoms with Crippen LogP contribution >= 0.6 is 0 Å². The molecule has 29 heavy (non-hydrogen) atoms. The topological polar surface area (TPSA) is 92.0 Å². The molecule has 3 aliphatic rings. The minimum Gasteiger partial charge on any atom is -0.468 e. The monoisotopic (exact) mass is 402 g/mol. The van der Waals surface area contributed by atoms with E-state index in [0.29, 0.717) is 43.4 Å². The first-order valence-electron chi connectivity index (χ1n) is 10.0. The van der Waals surface area contributed by atoms with E-state index in [9.17, 15) is 14.4 Å². The van der Waals surface area contributed by atoms with Crippen LogP contribution in [0.1, 0.15) is 50.9 Å². The number of hydrogen-bond acceptors (Lipinski definition) is 7. The van der Waals surface area contributed by atoms with Crippen molar-refractivity contribution in [2.24, 2.45) is 22.7 Å². The Morgan fingerprint density at radius 3 is 2.66 bits per heavy atom. The molecule has 0 bridgehead atoms. The van der Waals surface area contributed by atoms with Crippen LogP contribution in [0.25, 0.3) is 0 Å². The summed E-state index contributed by atoms with van der Waals surface area (Å²) < 4.78 is 21.5. The zero-order chi connectivity index (χ0) is 20.8. The molecule has 2 fully saturated rings. The minimum absolute atomic E-state index is 0.00487. The number of cyclic esters (lactones) is 1. The van der Waals surface area contributed by atoms with E-state index in [-0.39, 0.29) is 11.9 Å². The van der Waals surface area contributed by atoms with Crippen LogP contribution in [0, 0.1) is 22.7 Å². The number of allylic oxidation sites excluding steroid dienone is 1. The third-order valence-electron chi connectivity index (χ3n) is 7.32. The van der Waals surface area contributed by atoms with Gasteiger partial charge in [-0.3, -0.25) is 9.59 Å². The van der Waals surface area contributed by atoms with Gasteiger partial charge in [-0.15, -0.1) is 0 Å². The molecule has 2 heterocycles. The van der Waals surface area contributed by atoms with Crippen LogP contribution in [-0.2, 0) is 28.6 Å². The van der Waals surface area contributed by atoms with Crippen molar-refractivity contribution in [3.05, 3.63) is 35.8 Å². The molecule has 1 spiro atoms. The Morgan fingerprint density at radius 1 is 1.21 bits per heavy atom. The lowest BCUT2D eigenvalue weighted by molar-refractivity contribution is -0.177. The number of ether oxygens (including phenoxy) is 3. The van der Waals surface area contributed by atoms with Gasteiger partial charge in [-0.05, 0) is 49.7 Å². The molecule has 7 nitrogen and oxygen atoms in total. The normalized spacial score (nSPS) is 36.2. The number of hydrogen-bond donors (Lipinski definition) is 0. The molecule has 0 unspecified atom stereocenters. The Balaban J connectivity index is 1.84. The molecule has 1 aliphatic heterocycles. The van der Waals surface area contributed by atoms with Gasteiger partial charge < -0.3 is 18.6 Å². The predicted octanol–water partition coefficient (Wildman–Crippen LogP) is 3.35. The van der Waals surface area contributed by atoms with Crippen molar-refractivity contribution in [1.29, 1.82) is 0 Å². The van der Waals surface area contributed by atoms with Crippen LogP contribution in [0.3, 0.4) is 0 Å². The molecule has 1 aromatic rings. The second kappa shape index (κ2) is 7.04. The lowest BCUT2D eigenvalue weighted by Gasteiger charge is -2.54. The van der Waals surface area contributed by atoms with E-state index in [1.165, 1.54) is 14.2 Å². The fourth-order valence-corrected chi connectivity index (χ4v) is 5.96. The zero-order valence-corrected chi connectivity index (χ0v) is 16.9. The maximum absolute atomic E-state index is 13.4. The maximum Gasteiger partial charge on any atom is 0.334 e. The van der Waals surface area contributed by atoms with E-state index in [4.69, 9.17) is 18.6 Å². The number of carbonyl (C=O) groups is 3. The van der Waals surface area contributed by atoms with Crippen LogP contribution in [0.2, 0.25) is 0 Å². The number of fused-ring (bicyclic) bond motifs is 2. The highest BCUT2D eigenvalue weighted by Crippen LogP contribution is 2.66. The molecule has 1 saturated heterocycles. The number of esters is 3. The van der Waals surface area contributed by atoms with Gasteiger partial charge in [0.25, 0.3) is 0 Å². The van der Waals surface area contributed by atoms with Crippen LogP contribution < -0.4 is 0 Å². The number of carbonyl (C=O) groups excluding carboxylic acids is 3. The van der Waals surface area contributed by atoms with Gasteiger partial charge in [0.15, 0.2) is 6.10 Å². The average molecular weight is 402 g/mol. The molecule has 7 heteroatoms. The fraction of sp³-hybridized carbons (Fsp3) is 0.591. The van der Waals surface area contributed by atoms with Crippen LogP contribution in [0.15, 0.2) is 34.5 Å². The highest BCUT2D eigenvalue weighted by Gasteiger charge is 2.69. The lowest BCUT2D eigenvalue weighted by atomic mass is 9.45. The van der Waals surface area contributed by atoms with Crippen molar-refractivity contribution >= 4 is 17.9 Å². The van der Waals surface area contributed by atoms with Crippen LogP contribution in [-0.4, -0.2) is 32.1 Å². The quantitative estimate of drug-likeness (QED) is 0.565. The van der Waals surface area contributed by atoms with Crippen molar-refractivity contribution in [2.45, 2.75) is 45.1 Å². The Labute approximate surface area is 169 Å². The van der Waals surface area contributed by atoms with E-state index >= 15 is 0 Å². The van der Waals surface area contributed by atoms with Crippen molar-refractivity contribution in [3.63, 3.8) is 0 Å².